The number of halogens is 1. The summed E-state index contributed by atoms with van der Waals surface area (Å²) in [5.41, 5.74) is 3.94. The Labute approximate surface area is 143 Å². The minimum absolute atomic E-state index is 0.174. The Balaban J connectivity index is 1.65. The SMILES string of the molecule is Cc1ccc(-c2nc([C@H]3C[C@H]3F)n(-c3ccc4[nH]ncc4c3)n2)cc1. The molecule has 124 valence electrons. The molecule has 0 radical (unpaired) electrons. The summed E-state index contributed by atoms with van der Waals surface area (Å²) in [7, 11) is 0. The fraction of sp³-hybridized carbons (Fsp3) is 0.211. The Bertz CT molecular complexity index is 1060. The van der Waals surface area contributed by atoms with Crippen LogP contribution in [-0.4, -0.2) is 31.1 Å². The van der Waals surface area contributed by atoms with Gasteiger partial charge in [0.05, 0.1) is 23.3 Å². The van der Waals surface area contributed by atoms with E-state index in [1.165, 1.54) is 5.56 Å². The zero-order valence-electron chi connectivity index (χ0n) is 13.6. The van der Waals surface area contributed by atoms with Crippen molar-refractivity contribution in [3.05, 3.63) is 60.0 Å². The van der Waals surface area contributed by atoms with Crippen molar-refractivity contribution in [1.29, 1.82) is 0 Å². The van der Waals surface area contributed by atoms with Crippen LogP contribution in [0.1, 0.15) is 23.7 Å². The van der Waals surface area contributed by atoms with Crippen LogP contribution in [0.3, 0.4) is 0 Å². The van der Waals surface area contributed by atoms with Crippen molar-refractivity contribution in [1.82, 2.24) is 25.0 Å². The molecule has 5 nitrogen and oxygen atoms in total. The van der Waals surface area contributed by atoms with E-state index in [9.17, 15) is 4.39 Å². The number of fused-ring (bicyclic) bond motifs is 1. The van der Waals surface area contributed by atoms with E-state index in [-0.39, 0.29) is 5.92 Å². The molecular weight excluding hydrogens is 317 g/mol. The van der Waals surface area contributed by atoms with E-state index >= 15 is 0 Å². The molecular formula is C19H16FN5. The molecule has 4 aromatic rings. The minimum Gasteiger partial charge on any atom is -0.278 e. The number of aromatic nitrogens is 5. The van der Waals surface area contributed by atoms with E-state index in [4.69, 9.17) is 0 Å². The van der Waals surface area contributed by atoms with Crippen LogP contribution in [0.4, 0.5) is 4.39 Å². The third-order valence-electron chi connectivity index (χ3n) is 4.65. The standard InChI is InChI=1S/C19H16FN5/c1-11-2-4-12(5-3-11)18-22-19(15-9-16(15)20)25(24-18)14-6-7-17-13(8-14)10-21-23-17/h2-8,10,15-16H,9H2,1H3,(H,21,23)/t15-,16+/m0/s1. The molecule has 25 heavy (non-hydrogen) atoms. The molecule has 1 fully saturated rings. The molecule has 0 spiro atoms. The van der Waals surface area contributed by atoms with Gasteiger partial charge in [-0.3, -0.25) is 5.10 Å². The van der Waals surface area contributed by atoms with E-state index in [2.05, 4.69) is 20.3 Å². The predicted molar refractivity (Wildman–Crippen MR) is 93.4 cm³/mol. The largest absolute Gasteiger partial charge is 0.278 e. The Hall–Kier alpha value is -3.02. The molecule has 5 rings (SSSR count). The van der Waals surface area contributed by atoms with Crippen LogP contribution in [-0.2, 0) is 0 Å². The Morgan fingerprint density at radius 1 is 1.16 bits per heavy atom. The van der Waals surface area contributed by atoms with Crippen LogP contribution in [0.5, 0.6) is 0 Å². The van der Waals surface area contributed by atoms with Crippen molar-refractivity contribution in [3.8, 4) is 17.1 Å². The van der Waals surface area contributed by atoms with Gasteiger partial charge in [-0.1, -0.05) is 29.8 Å². The van der Waals surface area contributed by atoms with E-state index in [1.54, 1.807) is 10.9 Å². The number of nitrogens with zero attached hydrogens (tertiary/aromatic N) is 4. The summed E-state index contributed by atoms with van der Waals surface area (Å²) in [5.74, 6) is 1.14. The van der Waals surface area contributed by atoms with Crippen molar-refractivity contribution in [3.63, 3.8) is 0 Å². The van der Waals surface area contributed by atoms with Gasteiger partial charge in [0, 0.05) is 10.9 Å². The molecule has 1 N–H and O–H groups in total. The smallest absolute Gasteiger partial charge is 0.181 e. The van der Waals surface area contributed by atoms with Crippen molar-refractivity contribution >= 4 is 10.9 Å². The second-order valence-corrected chi connectivity index (χ2v) is 6.57. The number of rotatable bonds is 3. The highest BCUT2D eigenvalue weighted by Crippen LogP contribution is 2.43. The highest BCUT2D eigenvalue weighted by molar-refractivity contribution is 5.80. The quantitative estimate of drug-likeness (QED) is 0.618. The van der Waals surface area contributed by atoms with E-state index in [0.717, 1.165) is 22.2 Å². The number of benzene rings is 2. The molecule has 0 unspecified atom stereocenters. The van der Waals surface area contributed by atoms with Crippen LogP contribution in [0.2, 0.25) is 0 Å². The van der Waals surface area contributed by atoms with Crippen molar-refractivity contribution in [2.24, 2.45) is 0 Å². The fourth-order valence-electron chi connectivity index (χ4n) is 3.07. The lowest BCUT2D eigenvalue weighted by Gasteiger charge is -2.04. The van der Waals surface area contributed by atoms with Gasteiger partial charge in [0.25, 0.3) is 0 Å². The summed E-state index contributed by atoms with van der Waals surface area (Å²) >= 11 is 0. The number of H-pyrrole nitrogens is 1. The molecule has 0 bridgehead atoms. The lowest BCUT2D eigenvalue weighted by Crippen LogP contribution is -2.02. The maximum absolute atomic E-state index is 13.7. The van der Waals surface area contributed by atoms with E-state index in [0.29, 0.717) is 18.1 Å². The number of nitrogens with one attached hydrogen (secondary N) is 1. The summed E-state index contributed by atoms with van der Waals surface area (Å²) in [6, 6.07) is 14.0. The minimum atomic E-state index is -0.827. The van der Waals surface area contributed by atoms with Gasteiger partial charge in [-0.25, -0.2) is 14.1 Å². The van der Waals surface area contributed by atoms with Gasteiger partial charge in [0.15, 0.2) is 5.82 Å². The predicted octanol–water partition coefficient (Wildman–Crippen LogP) is 3.94. The van der Waals surface area contributed by atoms with Gasteiger partial charge in [0.1, 0.15) is 12.0 Å². The number of hydrogen-bond acceptors (Lipinski definition) is 3. The lowest BCUT2D eigenvalue weighted by molar-refractivity contribution is 0.463. The summed E-state index contributed by atoms with van der Waals surface area (Å²) in [5, 5.41) is 12.6. The molecule has 2 atom stereocenters. The lowest BCUT2D eigenvalue weighted by atomic mass is 10.1. The van der Waals surface area contributed by atoms with Crippen LogP contribution >= 0.6 is 0 Å². The van der Waals surface area contributed by atoms with Gasteiger partial charge in [0.2, 0.25) is 0 Å². The van der Waals surface area contributed by atoms with Crippen molar-refractivity contribution in [2.45, 2.75) is 25.4 Å². The van der Waals surface area contributed by atoms with Gasteiger partial charge in [-0.15, -0.1) is 5.10 Å². The van der Waals surface area contributed by atoms with Gasteiger partial charge >= 0.3 is 0 Å². The molecule has 2 aromatic carbocycles. The number of aryl methyl sites for hydroxylation is 1. The molecule has 1 aliphatic rings. The first-order chi connectivity index (χ1) is 12.2. The van der Waals surface area contributed by atoms with Gasteiger partial charge in [-0.2, -0.15) is 5.10 Å². The highest BCUT2D eigenvalue weighted by atomic mass is 19.1. The molecule has 0 saturated heterocycles. The zero-order chi connectivity index (χ0) is 17.0. The summed E-state index contributed by atoms with van der Waals surface area (Å²) < 4.78 is 15.5. The normalized spacial score (nSPS) is 19.4. The third kappa shape index (κ3) is 2.41. The highest BCUT2D eigenvalue weighted by Gasteiger charge is 2.43. The summed E-state index contributed by atoms with van der Waals surface area (Å²) in [6.07, 6.45) is 1.46. The second-order valence-electron chi connectivity index (χ2n) is 6.57. The Kier molecular flexibility index (Phi) is 3.00. The Morgan fingerprint density at radius 3 is 2.72 bits per heavy atom. The Morgan fingerprint density at radius 2 is 1.96 bits per heavy atom. The molecule has 0 aliphatic heterocycles. The summed E-state index contributed by atoms with van der Waals surface area (Å²) in [4.78, 5) is 4.66. The monoisotopic (exact) mass is 333 g/mol. The molecule has 2 heterocycles. The number of aromatic amines is 1. The molecule has 2 aromatic heterocycles. The van der Waals surface area contributed by atoms with Gasteiger partial charge < -0.3 is 0 Å². The average molecular weight is 333 g/mol. The van der Waals surface area contributed by atoms with Crippen LogP contribution < -0.4 is 0 Å². The maximum Gasteiger partial charge on any atom is 0.181 e. The molecule has 1 saturated carbocycles. The van der Waals surface area contributed by atoms with Crippen LogP contribution in [0, 0.1) is 6.92 Å². The first-order valence-corrected chi connectivity index (χ1v) is 8.30. The molecule has 1 aliphatic carbocycles. The van der Waals surface area contributed by atoms with E-state index < -0.39 is 6.17 Å². The van der Waals surface area contributed by atoms with E-state index in [1.807, 2.05) is 49.4 Å². The first-order valence-electron chi connectivity index (χ1n) is 8.30. The maximum atomic E-state index is 13.7. The molecule has 0 amide bonds. The topological polar surface area (TPSA) is 59.4 Å². The first kappa shape index (κ1) is 14.3. The second kappa shape index (κ2) is 5.24. The zero-order valence-corrected chi connectivity index (χ0v) is 13.6. The fourth-order valence-corrected chi connectivity index (χ4v) is 3.07. The van der Waals surface area contributed by atoms with Crippen molar-refractivity contribution in [2.75, 3.05) is 0 Å². The van der Waals surface area contributed by atoms with Crippen molar-refractivity contribution < 1.29 is 4.39 Å². The van der Waals surface area contributed by atoms with Gasteiger partial charge in [-0.05, 0) is 31.5 Å². The number of hydrogen-bond donors (Lipinski definition) is 1. The average Bonchev–Trinajstić information content (AvgIpc) is 3.03. The van der Waals surface area contributed by atoms with Crippen LogP contribution in [0.25, 0.3) is 28.0 Å². The third-order valence-corrected chi connectivity index (χ3v) is 4.65. The molecule has 6 heteroatoms. The summed E-state index contributed by atoms with van der Waals surface area (Å²) in [6.45, 7) is 2.04. The van der Waals surface area contributed by atoms with Crippen LogP contribution in [0.15, 0.2) is 48.7 Å². The number of alkyl halides is 1.